The Balaban J connectivity index is 3.16. The molecule has 0 bridgehead atoms. The molecule has 1 rings (SSSR count). The quantitative estimate of drug-likeness (QED) is 0.326. The van der Waals surface area contributed by atoms with E-state index in [-0.39, 0.29) is 23.7 Å². The lowest BCUT2D eigenvalue weighted by molar-refractivity contribution is -0.385. The van der Waals surface area contributed by atoms with Crippen molar-refractivity contribution in [2.75, 3.05) is 13.7 Å². The zero-order chi connectivity index (χ0) is 16.0. The summed E-state index contributed by atoms with van der Waals surface area (Å²) in [5.41, 5.74) is -0.579. The van der Waals surface area contributed by atoms with Gasteiger partial charge in [0.05, 0.1) is 30.3 Å². The summed E-state index contributed by atoms with van der Waals surface area (Å²) in [6, 6.07) is 2.22. The standard InChI is InChI=1S/C13H15NO7/c1-4-20-13(16)8(2)21-12-6-10(14(17)18)9(7-15)5-11(12)19-3/h5-8H,4H2,1-3H3. The lowest BCUT2D eigenvalue weighted by Gasteiger charge is -2.16. The van der Waals surface area contributed by atoms with E-state index in [2.05, 4.69) is 0 Å². The Bertz CT molecular complexity index is 556. The minimum Gasteiger partial charge on any atom is -0.493 e. The normalized spacial score (nSPS) is 11.4. The second-order valence-electron chi connectivity index (χ2n) is 3.95. The first-order chi connectivity index (χ1) is 9.94. The maximum atomic E-state index is 11.5. The van der Waals surface area contributed by atoms with Gasteiger partial charge < -0.3 is 14.2 Å². The minimum atomic E-state index is -0.972. The van der Waals surface area contributed by atoms with Gasteiger partial charge >= 0.3 is 5.97 Å². The molecule has 0 aliphatic carbocycles. The molecule has 21 heavy (non-hydrogen) atoms. The van der Waals surface area contributed by atoms with Gasteiger partial charge in [0.1, 0.15) is 0 Å². The Kier molecular flexibility index (Phi) is 5.65. The predicted molar refractivity (Wildman–Crippen MR) is 71.8 cm³/mol. The van der Waals surface area contributed by atoms with Crippen LogP contribution in [0.25, 0.3) is 0 Å². The molecular formula is C13H15NO7. The number of nitro benzene ring substituents is 1. The Hall–Kier alpha value is -2.64. The molecule has 0 radical (unpaired) electrons. The summed E-state index contributed by atoms with van der Waals surface area (Å²) in [4.78, 5) is 32.6. The summed E-state index contributed by atoms with van der Waals surface area (Å²) in [6.07, 6.45) is -0.625. The topological polar surface area (TPSA) is 105 Å². The molecule has 0 aliphatic rings. The fraction of sp³-hybridized carbons (Fsp3) is 0.385. The molecule has 0 aliphatic heterocycles. The van der Waals surface area contributed by atoms with Gasteiger partial charge in [-0.3, -0.25) is 14.9 Å². The van der Waals surface area contributed by atoms with Crippen molar-refractivity contribution >= 4 is 17.9 Å². The molecule has 0 saturated heterocycles. The van der Waals surface area contributed by atoms with E-state index in [1.807, 2.05) is 0 Å². The fourth-order valence-corrected chi connectivity index (χ4v) is 1.57. The first-order valence-electron chi connectivity index (χ1n) is 6.09. The van der Waals surface area contributed by atoms with Gasteiger partial charge in [-0.15, -0.1) is 0 Å². The van der Waals surface area contributed by atoms with Crippen molar-refractivity contribution in [2.45, 2.75) is 20.0 Å². The van der Waals surface area contributed by atoms with Crippen molar-refractivity contribution in [3.8, 4) is 11.5 Å². The van der Waals surface area contributed by atoms with Crippen LogP contribution in [-0.2, 0) is 9.53 Å². The van der Waals surface area contributed by atoms with Gasteiger partial charge in [-0.05, 0) is 13.8 Å². The zero-order valence-corrected chi connectivity index (χ0v) is 11.8. The summed E-state index contributed by atoms with van der Waals surface area (Å²) >= 11 is 0. The van der Waals surface area contributed by atoms with E-state index in [1.54, 1.807) is 6.92 Å². The van der Waals surface area contributed by atoms with Crippen LogP contribution in [0.3, 0.4) is 0 Å². The van der Waals surface area contributed by atoms with Gasteiger partial charge in [-0.1, -0.05) is 0 Å². The van der Waals surface area contributed by atoms with Crippen LogP contribution in [0.5, 0.6) is 11.5 Å². The molecule has 0 heterocycles. The second-order valence-corrected chi connectivity index (χ2v) is 3.95. The number of esters is 1. The molecule has 114 valence electrons. The molecule has 0 N–H and O–H groups in total. The van der Waals surface area contributed by atoms with Crippen LogP contribution in [-0.4, -0.2) is 37.0 Å². The molecule has 1 aromatic rings. The average Bonchev–Trinajstić information content (AvgIpc) is 2.46. The average molecular weight is 297 g/mol. The Morgan fingerprint density at radius 3 is 2.57 bits per heavy atom. The number of nitro groups is 1. The Morgan fingerprint density at radius 2 is 2.10 bits per heavy atom. The van der Waals surface area contributed by atoms with E-state index < -0.39 is 22.7 Å². The third kappa shape index (κ3) is 3.91. The fourth-order valence-electron chi connectivity index (χ4n) is 1.57. The highest BCUT2D eigenvalue weighted by Gasteiger charge is 2.23. The van der Waals surface area contributed by atoms with Crippen molar-refractivity contribution in [2.24, 2.45) is 0 Å². The van der Waals surface area contributed by atoms with Crippen molar-refractivity contribution in [1.82, 2.24) is 0 Å². The summed E-state index contributed by atoms with van der Waals surface area (Å²) in [6.45, 7) is 3.28. The molecule has 1 atom stereocenters. The highest BCUT2D eigenvalue weighted by atomic mass is 16.6. The first kappa shape index (κ1) is 16.4. The molecule has 0 amide bonds. The maximum Gasteiger partial charge on any atom is 0.347 e. The lowest BCUT2D eigenvalue weighted by atomic mass is 10.1. The molecular weight excluding hydrogens is 282 g/mol. The number of ether oxygens (including phenoxy) is 3. The second kappa shape index (κ2) is 7.22. The number of benzene rings is 1. The van der Waals surface area contributed by atoms with E-state index in [1.165, 1.54) is 20.1 Å². The van der Waals surface area contributed by atoms with E-state index in [4.69, 9.17) is 14.2 Å². The smallest absolute Gasteiger partial charge is 0.347 e. The highest BCUT2D eigenvalue weighted by Crippen LogP contribution is 2.34. The van der Waals surface area contributed by atoms with Crippen molar-refractivity contribution in [3.05, 3.63) is 27.8 Å². The van der Waals surface area contributed by atoms with Gasteiger partial charge in [0.2, 0.25) is 0 Å². The van der Waals surface area contributed by atoms with Gasteiger partial charge in [0.15, 0.2) is 23.9 Å². The monoisotopic (exact) mass is 297 g/mol. The molecule has 1 aromatic carbocycles. The lowest BCUT2D eigenvalue weighted by Crippen LogP contribution is -2.26. The van der Waals surface area contributed by atoms with Crippen molar-refractivity contribution in [1.29, 1.82) is 0 Å². The number of hydrogen-bond acceptors (Lipinski definition) is 7. The van der Waals surface area contributed by atoms with Crippen LogP contribution < -0.4 is 9.47 Å². The van der Waals surface area contributed by atoms with E-state index in [9.17, 15) is 19.7 Å². The van der Waals surface area contributed by atoms with Crippen LogP contribution in [0.1, 0.15) is 24.2 Å². The third-order valence-electron chi connectivity index (χ3n) is 2.56. The number of nitrogens with zero attached hydrogens (tertiary/aromatic N) is 1. The van der Waals surface area contributed by atoms with E-state index >= 15 is 0 Å². The molecule has 8 nitrogen and oxygen atoms in total. The third-order valence-corrected chi connectivity index (χ3v) is 2.56. The van der Waals surface area contributed by atoms with E-state index in [0.717, 1.165) is 6.07 Å². The first-order valence-corrected chi connectivity index (χ1v) is 6.09. The molecule has 0 saturated carbocycles. The number of methoxy groups -OCH3 is 1. The van der Waals surface area contributed by atoms with Crippen LogP contribution in [0, 0.1) is 10.1 Å². The van der Waals surface area contributed by atoms with Crippen molar-refractivity contribution < 1.29 is 28.7 Å². The van der Waals surface area contributed by atoms with Gasteiger partial charge in [-0.2, -0.15) is 0 Å². The summed E-state index contributed by atoms with van der Waals surface area (Å²) in [7, 11) is 1.32. The zero-order valence-electron chi connectivity index (χ0n) is 11.8. The van der Waals surface area contributed by atoms with Gasteiger partial charge in [-0.25, -0.2) is 4.79 Å². The SMILES string of the molecule is CCOC(=O)C(C)Oc1cc([N+](=O)[O-])c(C=O)cc1OC. The highest BCUT2D eigenvalue weighted by molar-refractivity contribution is 5.83. The molecule has 8 heteroatoms. The maximum absolute atomic E-state index is 11.5. The summed E-state index contributed by atoms with van der Waals surface area (Å²) in [5, 5.41) is 10.9. The van der Waals surface area contributed by atoms with Crippen LogP contribution in [0.2, 0.25) is 0 Å². The number of carbonyl (C=O) groups excluding carboxylic acids is 2. The van der Waals surface area contributed by atoms with Gasteiger partial charge in [0.25, 0.3) is 5.69 Å². The summed E-state index contributed by atoms with van der Waals surface area (Å²) < 4.78 is 15.1. The van der Waals surface area contributed by atoms with Crippen molar-refractivity contribution in [3.63, 3.8) is 0 Å². The number of rotatable bonds is 7. The summed E-state index contributed by atoms with van der Waals surface area (Å²) in [5.74, 6) is -0.518. The van der Waals surface area contributed by atoms with Crippen LogP contribution in [0.15, 0.2) is 12.1 Å². The van der Waals surface area contributed by atoms with Crippen LogP contribution in [0.4, 0.5) is 5.69 Å². The largest absolute Gasteiger partial charge is 0.493 e. The number of aldehydes is 1. The Labute approximate surface area is 120 Å². The minimum absolute atomic E-state index is 0.0182. The molecule has 1 unspecified atom stereocenters. The molecule has 0 aromatic heterocycles. The Morgan fingerprint density at radius 1 is 1.43 bits per heavy atom. The number of carbonyl (C=O) groups is 2. The van der Waals surface area contributed by atoms with Gasteiger partial charge in [0, 0.05) is 6.07 Å². The molecule has 0 spiro atoms. The van der Waals surface area contributed by atoms with Crippen LogP contribution >= 0.6 is 0 Å². The molecule has 0 fully saturated rings. The van der Waals surface area contributed by atoms with E-state index in [0.29, 0.717) is 6.29 Å². The predicted octanol–water partition coefficient (Wildman–Crippen LogP) is 1.75. The number of hydrogen-bond donors (Lipinski definition) is 0.